The molecule has 0 aliphatic heterocycles. The number of amides is 2. The van der Waals surface area contributed by atoms with E-state index < -0.39 is 17.5 Å². The Hall–Kier alpha value is -3.16. The normalized spacial score (nSPS) is 10.3. The first-order valence-electron chi connectivity index (χ1n) is 8.05. The maximum atomic E-state index is 13.6. The number of likely N-dealkylation sites (N-methyl/N-ethyl adjacent to an activating group) is 1. The van der Waals surface area contributed by atoms with E-state index >= 15 is 0 Å². The molecule has 2 amide bonds. The second-order valence-electron chi connectivity index (χ2n) is 5.87. The van der Waals surface area contributed by atoms with Crippen LogP contribution in [-0.2, 0) is 11.3 Å². The van der Waals surface area contributed by atoms with E-state index in [1.165, 1.54) is 12.0 Å². The lowest BCUT2D eigenvalue weighted by Gasteiger charge is -2.14. The SMILES string of the molecule is COc1cc(CNC(=O)c2cc(F)ccc2F)ccc1OCC(=O)N(C)C. The molecule has 8 heteroatoms. The van der Waals surface area contributed by atoms with Crippen LogP contribution in [0, 0.1) is 11.6 Å². The van der Waals surface area contributed by atoms with E-state index in [0.29, 0.717) is 17.1 Å². The average molecular weight is 378 g/mol. The number of methoxy groups -OCH3 is 1. The van der Waals surface area contributed by atoms with Crippen molar-refractivity contribution in [3.8, 4) is 11.5 Å². The summed E-state index contributed by atoms with van der Waals surface area (Å²) in [5.41, 5.74) is 0.285. The van der Waals surface area contributed by atoms with Crippen molar-refractivity contribution in [1.82, 2.24) is 10.2 Å². The van der Waals surface area contributed by atoms with E-state index in [4.69, 9.17) is 9.47 Å². The molecule has 0 saturated heterocycles. The minimum Gasteiger partial charge on any atom is -0.493 e. The fraction of sp³-hybridized carbons (Fsp3) is 0.263. The molecule has 0 heterocycles. The van der Waals surface area contributed by atoms with Crippen LogP contribution in [0.5, 0.6) is 11.5 Å². The lowest BCUT2D eigenvalue weighted by atomic mass is 10.1. The smallest absolute Gasteiger partial charge is 0.259 e. The van der Waals surface area contributed by atoms with Crippen LogP contribution in [0.1, 0.15) is 15.9 Å². The minimum atomic E-state index is -0.805. The molecule has 6 nitrogen and oxygen atoms in total. The van der Waals surface area contributed by atoms with E-state index in [0.717, 1.165) is 18.2 Å². The maximum absolute atomic E-state index is 13.6. The number of hydrogen-bond acceptors (Lipinski definition) is 4. The fourth-order valence-corrected chi connectivity index (χ4v) is 2.16. The number of ether oxygens (including phenoxy) is 2. The lowest BCUT2D eigenvalue weighted by Crippen LogP contribution is -2.27. The first-order valence-corrected chi connectivity index (χ1v) is 8.05. The minimum absolute atomic E-state index is 0.0715. The number of carbonyl (C=O) groups is 2. The predicted octanol–water partition coefficient (Wildman–Crippen LogP) is 2.37. The summed E-state index contributed by atoms with van der Waals surface area (Å²) < 4.78 is 37.5. The Balaban J connectivity index is 2.03. The highest BCUT2D eigenvalue weighted by molar-refractivity contribution is 5.94. The summed E-state index contributed by atoms with van der Waals surface area (Å²) >= 11 is 0. The molecule has 0 atom stereocenters. The second-order valence-corrected chi connectivity index (χ2v) is 5.87. The summed E-state index contributed by atoms with van der Waals surface area (Å²) in [5, 5.41) is 2.52. The van der Waals surface area contributed by atoms with Crippen LogP contribution < -0.4 is 14.8 Å². The van der Waals surface area contributed by atoms with Crippen LogP contribution in [0.15, 0.2) is 36.4 Å². The molecule has 0 spiro atoms. The van der Waals surface area contributed by atoms with E-state index in [9.17, 15) is 18.4 Å². The molecule has 0 aliphatic rings. The molecule has 0 aliphatic carbocycles. The van der Waals surface area contributed by atoms with Gasteiger partial charge in [0.25, 0.3) is 11.8 Å². The number of benzene rings is 2. The predicted molar refractivity (Wildman–Crippen MR) is 94.7 cm³/mol. The molecule has 2 aromatic rings. The number of nitrogens with zero attached hydrogens (tertiary/aromatic N) is 1. The molecule has 0 bridgehead atoms. The summed E-state index contributed by atoms with van der Waals surface area (Å²) in [6, 6.07) is 7.57. The van der Waals surface area contributed by atoms with Crippen LogP contribution in [0.4, 0.5) is 8.78 Å². The van der Waals surface area contributed by atoms with Crippen LogP contribution in [0.3, 0.4) is 0 Å². The van der Waals surface area contributed by atoms with E-state index in [2.05, 4.69) is 5.32 Å². The Morgan fingerprint density at radius 2 is 1.81 bits per heavy atom. The van der Waals surface area contributed by atoms with Gasteiger partial charge in [-0.2, -0.15) is 0 Å². The van der Waals surface area contributed by atoms with Gasteiger partial charge in [0, 0.05) is 20.6 Å². The highest BCUT2D eigenvalue weighted by Crippen LogP contribution is 2.28. The average Bonchev–Trinajstić information content (AvgIpc) is 2.66. The molecular weight excluding hydrogens is 358 g/mol. The molecule has 27 heavy (non-hydrogen) atoms. The Bertz CT molecular complexity index is 840. The van der Waals surface area contributed by atoms with E-state index in [-0.39, 0.29) is 24.6 Å². The second kappa shape index (κ2) is 8.98. The zero-order valence-electron chi connectivity index (χ0n) is 15.2. The van der Waals surface area contributed by atoms with Gasteiger partial charge in [0.2, 0.25) is 0 Å². The van der Waals surface area contributed by atoms with Crippen LogP contribution in [-0.4, -0.2) is 44.5 Å². The van der Waals surface area contributed by atoms with Crippen LogP contribution >= 0.6 is 0 Å². The molecule has 2 rings (SSSR count). The van der Waals surface area contributed by atoms with Gasteiger partial charge in [-0.1, -0.05) is 6.07 Å². The highest BCUT2D eigenvalue weighted by atomic mass is 19.1. The summed E-state index contributed by atoms with van der Waals surface area (Å²) in [6.07, 6.45) is 0. The van der Waals surface area contributed by atoms with Gasteiger partial charge in [-0.25, -0.2) is 8.78 Å². The third kappa shape index (κ3) is 5.40. The van der Waals surface area contributed by atoms with Crippen molar-refractivity contribution in [2.45, 2.75) is 6.54 Å². The Morgan fingerprint density at radius 1 is 1.07 bits per heavy atom. The monoisotopic (exact) mass is 378 g/mol. The Morgan fingerprint density at radius 3 is 2.48 bits per heavy atom. The summed E-state index contributed by atoms with van der Waals surface area (Å²) in [7, 11) is 4.69. The number of halogens is 2. The molecule has 0 radical (unpaired) electrons. The Kier molecular flexibility index (Phi) is 6.70. The number of hydrogen-bond donors (Lipinski definition) is 1. The molecule has 144 valence electrons. The molecule has 0 saturated carbocycles. The quantitative estimate of drug-likeness (QED) is 0.803. The molecule has 2 aromatic carbocycles. The number of carbonyl (C=O) groups excluding carboxylic acids is 2. The van der Waals surface area contributed by atoms with Crippen LogP contribution in [0.2, 0.25) is 0 Å². The van der Waals surface area contributed by atoms with Crippen molar-refractivity contribution >= 4 is 11.8 Å². The largest absolute Gasteiger partial charge is 0.493 e. The van der Waals surface area contributed by atoms with Gasteiger partial charge >= 0.3 is 0 Å². The van der Waals surface area contributed by atoms with Crippen molar-refractivity contribution in [1.29, 1.82) is 0 Å². The summed E-state index contributed by atoms with van der Waals surface area (Å²) in [4.78, 5) is 25.0. The van der Waals surface area contributed by atoms with Crippen molar-refractivity contribution < 1.29 is 27.8 Å². The molecular formula is C19H20F2N2O4. The molecule has 0 aromatic heterocycles. The Labute approximate surface area is 155 Å². The zero-order chi connectivity index (χ0) is 20.0. The molecule has 0 fully saturated rings. The number of nitrogens with one attached hydrogen (secondary N) is 1. The zero-order valence-corrected chi connectivity index (χ0v) is 15.2. The van der Waals surface area contributed by atoms with Crippen molar-refractivity contribution in [3.63, 3.8) is 0 Å². The molecule has 1 N–H and O–H groups in total. The van der Waals surface area contributed by atoms with Gasteiger partial charge in [-0.05, 0) is 35.9 Å². The van der Waals surface area contributed by atoms with Crippen LogP contribution in [0.25, 0.3) is 0 Å². The maximum Gasteiger partial charge on any atom is 0.259 e. The van der Waals surface area contributed by atoms with Crippen molar-refractivity contribution in [2.24, 2.45) is 0 Å². The van der Waals surface area contributed by atoms with Gasteiger partial charge < -0.3 is 19.7 Å². The highest BCUT2D eigenvalue weighted by Gasteiger charge is 2.14. The first-order chi connectivity index (χ1) is 12.8. The summed E-state index contributed by atoms with van der Waals surface area (Å²) in [5.74, 6) is -1.68. The third-order valence-corrected chi connectivity index (χ3v) is 3.70. The lowest BCUT2D eigenvalue weighted by molar-refractivity contribution is -0.130. The van der Waals surface area contributed by atoms with Gasteiger partial charge in [0.05, 0.1) is 12.7 Å². The first kappa shape index (κ1) is 20.2. The van der Waals surface area contributed by atoms with Gasteiger partial charge in [0.15, 0.2) is 18.1 Å². The topological polar surface area (TPSA) is 67.9 Å². The van der Waals surface area contributed by atoms with Crippen molar-refractivity contribution in [3.05, 3.63) is 59.2 Å². The summed E-state index contributed by atoms with van der Waals surface area (Å²) in [6.45, 7) is -0.0691. The van der Waals surface area contributed by atoms with Crippen molar-refractivity contribution in [2.75, 3.05) is 27.8 Å². The van der Waals surface area contributed by atoms with Gasteiger partial charge in [-0.15, -0.1) is 0 Å². The standard InChI is InChI=1S/C19H20F2N2O4/c1-23(2)18(24)11-27-16-7-4-12(8-17(16)26-3)10-22-19(25)14-9-13(20)5-6-15(14)21/h4-9H,10-11H2,1-3H3,(H,22,25). The molecule has 0 unspecified atom stereocenters. The van der Waals surface area contributed by atoms with E-state index in [1.807, 2.05) is 0 Å². The number of rotatable bonds is 7. The third-order valence-electron chi connectivity index (χ3n) is 3.70. The van der Waals surface area contributed by atoms with E-state index in [1.54, 1.807) is 32.3 Å². The van der Waals surface area contributed by atoms with Gasteiger partial charge in [-0.3, -0.25) is 9.59 Å². The fourth-order valence-electron chi connectivity index (χ4n) is 2.16. The van der Waals surface area contributed by atoms with Gasteiger partial charge in [0.1, 0.15) is 11.6 Å².